The second-order valence-corrected chi connectivity index (χ2v) is 12.5. The number of carboxylic acids is 1. The minimum Gasteiger partial charge on any atom is -0.508 e. The first-order valence-electron chi connectivity index (χ1n) is 17.2. The van der Waals surface area contributed by atoms with Crippen LogP contribution in [0.25, 0.3) is 0 Å². The summed E-state index contributed by atoms with van der Waals surface area (Å²) in [5, 5.41) is 34.2. The molecule has 1 rings (SSSR count). The second kappa shape index (κ2) is 25.3. The monoisotopic (exact) mass is 769 g/mol. The Balaban J connectivity index is 3.13. The van der Waals surface area contributed by atoms with Gasteiger partial charge >= 0.3 is 12.0 Å². The molecule has 0 spiro atoms. The Bertz CT molecular complexity index is 1360. The van der Waals surface area contributed by atoms with E-state index in [-0.39, 0.29) is 69.7 Å². The maximum atomic E-state index is 13.5. The van der Waals surface area contributed by atoms with Crippen molar-refractivity contribution in [2.45, 2.75) is 87.6 Å². The number of nitrogens with two attached hydrogens (primary N) is 5. The molecule has 0 bridgehead atoms. The predicted octanol–water partition coefficient (Wildman–Crippen LogP) is -4.02. The number of thiol groups is 1. The zero-order valence-electron chi connectivity index (χ0n) is 29.6. The molecule has 7 amide bonds. The van der Waals surface area contributed by atoms with Crippen LogP contribution in [-0.2, 0) is 35.2 Å². The van der Waals surface area contributed by atoms with Crippen LogP contribution in [0.1, 0.15) is 50.5 Å². The maximum absolute atomic E-state index is 13.5. The molecule has 53 heavy (non-hydrogen) atoms. The average Bonchev–Trinajstić information content (AvgIpc) is 3.11. The minimum atomic E-state index is -1.42. The summed E-state index contributed by atoms with van der Waals surface area (Å²) < 4.78 is 0. The average molecular weight is 770 g/mol. The molecule has 1 aromatic carbocycles. The van der Waals surface area contributed by atoms with Gasteiger partial charge in [0.15, 0.2) is 0 Å². The Labute approximate surface area is 313 Å². The fourth-order valence-corrected chi connectivity index (χ4v) is 5.18. The van der Waals surface area contributed by atoms with E-state index in [1.54, 1.807) is 0 Å². The first-order valence-corrected chi connectivity index (χ1v) is 17.8. The number of aromatic hydroxyl groups is 1. The zero-order valence-corrected chi connectivity index (χ0v) is 30.4. The SMILES string of the molecule is NCCCC[C@H](NC(=O)[C@@H](N)CCN)C(=O)N[C@@H](CS)C(=O)N[C@@H](CCN)C(=O)N[C@@H](CCCNC(N)=O)C(=O)N[C@@H](Cc1ccc(O)cc1)C(=O)O. The molecule has 0 aliphatic rings. The Kier molecular flexibility index (Phi) is 22.1. The number of hydrogen-bond acceptors (Lipinski definition) is 13. The van der Waals surface area contributed by atoms with Gasteiger partial charge in [0, 0.05) is 18.7 Å². The van der Waals surface area contributed by atoms with E-state index in [4.69, 9.17) is 28.7 Å². The van der Waals surface area contributed by atoms with E-state index in [1.807, 2.05) is 0 Å². The number of phenolic OH excluding ortho intramolecular Hbond substituents is 1. The third kappa shape index (κ3) is 18.1. The molecule has 6 atom stereocenters. The van der Waals surface area contributed by atoms with Crippen LogP contribution in [0.2, 0.25) is 0 Å². The van der Waals surface area contributed by atoms with Crippen molar-refractivity contribution in [1.29, 1.82) is 0 Å². The van der Waals surface area contributed by atoms with Crippen LogP contribution in [0, 0.1) is 0 Å². The lowest BCUT2D eigenvalue weighted by atomic mass is 10.0. The number of hydrogen-bond donors (Lipinski definition) is 14. The summed E-state index contributed by atoms with van der Waals surface area (Å²) >= 11 is 4.18. The molecule has 0 saturated carbocycles. The molecule has 0 aliphatic heterocycles. The summed E-state index contributed by atoms with van der Waals surface area (Å²) in [6.45, 7) is 0.458. The van der Waals surface area contributed by atoms with Crippen molar-refractivity contribution >= 4 is 54.2 Å². The van der Waals surface area contributed by atoms with Crippen LogP contribution in [0.5, 0.6) is 5.75 Å². The lowest BCUT2D eigenvalue weighted by Crippen LogP contribution is -2.60. The van der Waals surface area contributed by atoms with Crippen molar-refractivity contribution in [2.75, 3.05) is 31.9 Å². The molecular formula is C32H55N11O9S. The van der Waals surface area contributed by atoms with Crippen molar-refractivity contribution in [3.63, 3.8) is 0 Å². The highest BCUT2D eigenvalue weighted by atomic mass is 32.1. The van der Waals surface area contributed by atoms with E-state index >= 15 is 0 Å². The summed E-state index contributed by atoms with van der Waals surface area (Å²) in [5.41, 5.74) is 28.2. The van der Waals surface area contributed by atoms with Crippen molar-refractivity contribution in [3.05, 3.63) is 29.8 Å². The van der Waals surface area contributed by atoms with Crippen LogP contribution in [0.15, 0.2) is 24.3 Å². The largest absolute Gasteiger partial charge is 0.508 e. The van der Waals surface area contributed by atoms with Gasteiger partial charge in [-0.3, -0.25) is 24.0 Å². The molecule has 18 N–H and O–H groups in total. The third-order valence-corrected chi connectivity index (χ3v) is 8.26. The number of unbranched alkanes of at least 4 members (excludes halogenated alkanes) is 1. The van der Waals surface area contributed by atoms with Gasteiger partial charge < -0.3 is 70.8 Å². The van der Waals surface area contributed by atoms with Crippen LogP contribution < -0.4 is 60.6 Å². The molecular weight excluding hydrogens is 714 g/mol. The van der Waals surface area contributed by atoms with Crippen LogP contribution in [-0.4, -0.2) is 120 Å². The summed E-state index contributed by atoms with van der Waals surface area (Å²) in [5.74, 6) is -5.44. The molecule has 0 aromatic heterocycles. The highest BCUT2D eigenvalue weighted by molar-refractivity contribution is 7.80. The fraction of sp³-hybridized carbons (Fsp3) is 0.594. The van der Waals surface area contributed by atoms with Crippen LogP contribution in [0.4, 0.5) is 4.79 Å². The molecule has 21 heteroatoms. The molecule has 0 saturated heterocycles. The van der Waals surface area contributed by atoms with Gasteiger partial charge in [-0.15, -0.1) is 0 Å². The molecule has 298 valence electrons. The number of nitrogens with one attached hydrogen (secondary N) is 6. The van der Waals surface area contributed by atoms with Gasteiger partial charge in [-0.25, -0.2) is 9.59 Å². The van der Waals surface area contributed by atoms with Gasteiger partial charge in [-0.2, -0.15) is 12.6 Å². The van der Waals surface area contributed by atoms with E-state index < -0.39 is 77.8 Å². The number of carbonyl (C=O) groups excluding carboxylic acids is 6. The van der Waals surface area contributed by atoms with Gasteiger partial charge in [0.2, 0.25) is 29.5 Å². The summed E-state index contributed by atoms with van der Waals surface area (Å²) in [4.78, 5) is 89.3. The number of aliphatic carboxylic acids is 1. The minimum absolute atomic E-state index is 0.0315. The zero-order chi connectivity index (χ0) is 39.9. The number of benzene rings is 1. The molecule has 20 nitrogen and oxygen atoms in total. The lowest BCUT2D eigenvalue weighted by Gasteiger charge is -2.26. The number of carboxylic acid groups (broad SMARTS) is 1. The van der Waals surface area contributed by atoms with Gasteiger partial charge in [0.1, 0.15) is 36.0 Å². The summed E-state index contributed by atoms with van der Waals surface area (Å²) in [7, 11) is 0. The van der Waals surface area contributed by atoms with Gasteiger partial charge in [0.25, 0.3) is 0 Å². The third-order valence-electron chi connectivity index (χ3n) is 7.89. The first kappa shape index (κ1) is 46.3. The van der Waals surface area contributed by atoms with Crippen LogP contribution >= 0.6 is 12.6 Å². The standard InChI is InChI=1S/C32H55N11O9S/c33-12-2-1-4-21(39-26(45)20(36)10-13-34)28(47)43-25(17-53)30(49)41-23(11-14-35)29(48)40-22(5-3-15-38-32(37)52)27(46)42-24(31(50)51)16-18-6-8-19(44)9-7-18/h6-9,20-25,44,53H,1-5,10-17,33-36H2,(H,39,45)(H,40,48)(H,41,49)(H,42,46)(H,43,47)(H,50,51)(H3,37,38,52)/t20-,21-,22-,23-,24-,25-/m0/s1. The molecule has 1 aromatic rings. The highest BCUT2D eigenvalue weighted by Crippen LogP contribution is 2.12. The Morgan fingerprint density at radius 3 is 1.58 bits per heavy atom. The van der Waals surface area contributed by atoms with Crippen molar-refractivity contribution in [3.8, 4) is 5.75 Å². The van der Waals surface area contributed by atoms with Crippen molar-refractivity contribution in [1.82, 2.24) is 31.9 Å². The van der Waals surface area contributed by atoms with Crippen molar-refractivity contribution in [2.24, 2.45) is 28.7 Å². The van der Waals surface area contributed by atoms with Crippen molar-refractivity contribution < 1.29 is 43.8 Å². The molecule has 0 heterocycles. The van der Waals surface area contributed by atoms with Crippen LogP contribution in [0.3, 0.4) is 0 Å². The number of primary amides is 1. The van der Waals surface area contributed by atoms with E-state index in [2.05, 4.69) is 44.5 Å². The Morgan fingerprint density at radius 2 is 1.09 bits per heavy atom. The summed E-state index contributed by atoms with van der Waals surface area (Å²) in [6, 6.07) is -2.48. The lowest BCUT2D eigenvalue weighted by molar-refractivity contribution is -0.142. The second-order valence-electron chi connectivity index (χ2n) is 12.2. The van der Waals surface area contributed by atoms with E-state index in [9.17, 15) is 43.8 Å². The first-order chi connectivity index (χ1) is 25.2. The predicted molar refractivity (Wildman–Crippen MR) is 198 cm³/mol. The number of phenols is 1. The maximum Gasteiger partial charge on any atom is 0.326 e. The topological polar surface area (TPSA) is 362 Å². The van der Waals surface area contributed by atoms with Gasteiger partial charge in [-0.05, 0) is 82.3 Å². The normalized spacial score (nSPS) is 14.3. The number of urea groups is 1. The highest BCUT2D eigenvalue weighted by Gasteiger charge is 2.32. The number of carbonyl (C=O) groups is 7. The van der Waals surface area contributed by atoms with Gasteiger partial charge in [0.05, 0.1) is 6.04 Å². The molecule has 0 radical (unpaired) electrons. The van der Waals surface area contributed by atoms with Gasteiger partial charge in [-0.1, -0.05) is 12.1 Å². The fourth-order valence-electron chi connectivity index (χ4n) is 4.92. The quantitative estimate of drug-likeness (QED) is 0.0316. The van der Waals surface area contributed by atoms with E-state index in [0.717, 1.165) is 0 Å². The smallest absolute Gasteiger partial charge is 0.326 e. The Morgan fingerprint density at radius 1 is 0.623 bits per heavy atom. The Hall–Kier alpha value is -4.70. The number of rotatable bonds is 26. The number of amides is 7. The molecule has 0 fully saturated rings. The summed E-state index contributed by atoms with van der Waals surface area (Å²) in [6.07, 6.45) is 1.24. The molecule has 0 unspecified atom stereocenters. The molecule has 0 aliphatic carbocycles. The van der Waals surface area contributed by atoms with E-state index in [0.29, 0.717) is 24.9 Å². The van der Waals surface area contributed by atoms with E-state index in [1.165, 1.54) is 24.3 Å².